The zero-order chi connectivity index (χ0) is 11.8. The number of carbonyl (C=O) groups is 1. The average molecular weight is 218 g/mol. The highest BCUT2D eigenvalue weighted by atomic mass is 16.5. The molecule has 0 aromatic rings. The zero-order valence-corrected chi connectivity index (χ0v) is 9.99. The molecule has 0 saturated heterocycles. The van der Waals surface area contributed by atoms with Gasteiger partial charge < -0.3 is 15.2 Å². The number of likely N-dealkylation sites (N-methyl/N-ethyl adjacent to an activating group) is 2. The third kappa shape index (κ3) is 8.35. The monoisotopic (exact) mass is 218 g/mol. The van der Waals surface area contributed by atoms with E-state index in [0.29, 0.717) is 13.2 Å². The fourth-order valence-electron chi connectivity index (χ4n) is 1.10. The van der Waals surface area contributed by atoms with Crippen molar-refractivity contribution in [1.82, 2.24) is 10.2 Å². The molecule has 0 aliphatic heterocycles. The summed E-state index contributed by atoms with van der Waals surface area (Å²) >= 11 is 0. The highest BCUT2D eigenvalue weighted by Gasteiger charge is 2.11. The molecule has 1 amide bonds. The average Bonchev–Trinajstić information content (AvgIpc) is 2.14. The SMILES string of the molecule is CNC(=O)CN(C)CC(O)COC(C)C. The molecule has 1 unspecified atom stereocenters. The summed E-state index contributed by atoms with van der Waals surface area (Å²) in [5, 5.41) is 12.1. The molecule has 0 heterocycles. The van der Waals surface area contributed by atoms with E-state index in [0.717, 1.165) is 0 Å². The van der Waals surface area contributed by atoms with Crippen LogP contribution < -0.4 is 5.32 Å². The number of carbonyl (C=O) groups excluding carboxylic acids is 1. The topological polar surface area (TPSA) is 61.8 Å². The van der Waals surface area contributed by atoms with Crippen LogP contribution in [0, 0.1) is 0 Å². The summed E-state index contributed by atoms with van der Waals surface area (Å²) in [7, 11) is 3.38. The summed E-state index contributed by atoms with van der Waals surface area (Å²) in [4.78, 5) is 12.8. The highest BCUT2D eigenvalue weighted by molar-refractivity contribution is 5.77. The van der Waals surface area contributed by atoms with Crippen molar-refractivity contribution in [3.63, 3.8) is 0 Å². The van der Waals surface area contributed by atoms with E-state index < -0.39 is 6.10 Å². The Morgan fingerprint density at radius 2 is 2.13 bits per heavy atom. The largest absolute Gasteiger partial charge is 0.389 e. The Balaban J connectivity index is 3.66. The Bertz CT molecular complexity index is 186. The summed E-state index contributed by atoms with van der Waals surface area (Å²) in [6.45, 7) is 4.85. The lowest BCUT2D eigenvalue weighted by atomic mass is 10.3. The second-order valence-electron chi connectivity index (χ2n) is 3.91. The third-order valence-electron chi connectivity index (χ3n) is 1.84. The first-order chi connectivity index (χ1) is 6.95. The number of nitrogens with zero attached hydrogens (tertiary/aromatic N) is 1. The van der Waals surface area contributed by atoms with Gasteiger partial charge in [-0.2, -0.15) is 0 Å². The fraction of sp³-hybridized carbons (Fsp3) is 0.900. The van der Waals surface area contributed by atoms with Gasteiger partial charge in [0.05, 0.1) is 25.4 Å². The molecule has 5 heteroatoms. The molecule has 0 aliphatic rings. The first-order valence-electron chi connectivity index (χ1n) is 5.14. The first-order valence-corrected chi connectivity index (χ1v) is 5.14. The summed E-state index contributed by atoms with van der Waals surface area (Å²) < 4.78 is 5.26. The number of amides is 1. The molecule has 2 N–H and O–H groups in total. The summed E-state index contributed by atoms with van der Waals surface area (Å²) in [5.41, 5.74) is 0. The molecule has 0 fully saturated rings. The van der Waals surface area contributed by atoms with Crippen molar-refractivity contribution in [1.29, 1.82) is 0 Å². The van der Waals surface area contributed by atoms with Crippen LogP contribution in [0.3, 0.4) is 0 Å². The first kappa shape index (κ1) is 14.3. The van der Waals surface area contributed by atoms with E-state index in [2.05, 4.69) is 5.32 Å². The van der Waals surface area contributed by atoms with E-state index in [4.69, 9.17) is 4.74 Å². The molecule has 0 radical (unpaired) electrons. The summed E-state index contributed by atoms with van der Waals surface area (Å²) in [5.74, 6) is -0.0607. The van der Waals surface area contributed by atoms with Gasteiger partial charge >= 0.3 is 0 Å². The van der Waals surface area contributed by atoms with E-state index in [9.17, 15) is 9.90 Å². The van der Waals surface area contributed by atoms with Crippen LogP contribution in [0.1, 0.15) is 13.8 Å². The maximum absolute atomic E-state index is 11.0. The lowest BCUT2D eigenvalue weighted by molar-refractivity contribution is -0.121. The van der Waals surface area contributed by atoms with Gasteiger partial charge in [-0.05, 0) is 20.9 Å². The number of hydrogen-bond acceptors (Lipinski definition) is 4. The molecular formula is C10H22N2O3. The smallest absolute Gasteiger partial charge is 0.233 e. The van der Waals surface area contributed by atoms with Crippen LogP contribution >= 0.6 is 0 Å². The number of aliphatic hydroxyl groups is 1. The zero-order valence-electron chi connectivity index (χ0n) is 9.99. The minimum absolute atomic E-state index is 0.0607. The van der Waals surface area contributed by atoms with Crippen LogP contribution in [-0.2, 0) is 9.53 Å². The predicted octanol–water partition coefficient (Wildman–Crippen LogP) is -0.550. The van der Waals surface area contributed by atoms with Crippen LogP contribution in [-0.4, -0.2) is 61.9 Å². The standard InChI is InChI=1S/C10H22N2O3/c1-8(2)15-7-9(13)5-12(4)6-10(14)11-3/h8-9,13H,5-7H2,1-4H3,(H,11,14). The molecular weight excluding hydrogens is 196 g/mol. The molecule has 0 aliphatic carbocycles. The minimum Gasteiger partial charge on any atom is -0.389 e. The lowest BCUT2D eigenvalue weighted by Gasteiger charge is -2.20. The second-order valence-corrected chi connectivity index (χ2v) is 3.91. The Morgan fingerprint density at radius 1 is 1.53 bits per heavy atom. The van der Waals surface area contributed by atoms with Crippen LogP contribution in [0.2, 0.25) is 0 Å². The Hall–Kier alpha value is -0.650. The van der Waals surface area contributed by atoms with E-state index >= 15 is 0 Å². The van der Waals surface area contributed by atoms with Gasteiger partial charge in [-0.25, -0.2) is 0 Å². The molecule has 90 valence electrons. The van der Waals surface area contributed by atoms with Crippen LogP contribution in [0.4, 0.5) is 0 Å². The number of ether oxygens (including phenoxy) is 1. The van der Waals surface area contributed by atoms with Gasteiger partial charge in [-0.1, -0.05) is 0 Å². The van der Waals surface area contributed by atoms with E-state index in [1.54, 1.807) is 19.0 Å². The Morgan fingerprint density at radius 3 is 2.60 bits per heavy atom. The van der Waals surface area contributed by atoms with E-state index in [-0.39, 0.29) is 18.6 Å². The molecule has 0 spiro atoms. The summed E-state index contributed by atoms with van der Waals surface area (Å²) in [6, 6.07) is 0. The number of rotatable bonds is 7. The number of aliphatic hydroxyl groups excluding tert-OH is 1. The van der Waals surface area contributed by atoms with Gasteiger partial charge in [-0.3, -0.25) is 9.69 Å². The molecule has 0 saturated carbocycles. The fourth-order valence-corrected chi connectivity index (χ4v) is 1.10. The number of nitrogens with one attached hydrogen (secondary N) is 1. The Labute approximate surface area is 91.4 Å². The van der Waals surface area contributed by atoms with Gasteiger partial charge in [0.1, 0.15) is 0 Å². The molecule has 0 bridgehead atoms. The molecule has 0 rings (SSSR count). The van der Waals surface area contributed by atoms with E-state index in [1.807, 2.05) is 13.8 Å². The molecule has 1 atom stereocenters. The normalized spacial score (nSPS) is 13.3. The van der Waals surface area contributed by atoms with Crippen molar-refractivity contribution in [3.05, 3.63) is 0 Å². The van der Waals surface area contributed by atoms with Crippen molar-refractivity contribution in [3.8, 4) is 0 Å². The molecule has 5 nitrogen and oxygen atoms in total. The number of hydrogen-bond donors (Lipinski definition) is 2. The lowest BCUT2D eigenvalue weighted by Crippen LogP contribution is -2.39. The van der Waals surface area contributed by atoms with Crippen molar-refractivity contribution in [2.45, 2.75) is 26.1 Å². The van der Waals surface area contributed by atoms with E-state index in [1.165, 1.54) is 0 Å². The molecule has 0 aromatic carbocycles. The second kappa shape index (κ2) is 7.62. The van der Waals surface area contributed by atoms with Gasteiger partial charge in [0.25, 0.3) is 0 Å². The van der Waals surface area contributed by atoms with Gasteiger partial charge in [0.2, 0.25) is 5.91 Å². The van der Waals surface area contributed by atoms with Crippen molar-refractivity contribution < 1.29 is 14.6 Å². The maximum Gasteiger partial charge on any atom is 0.233 e. The third-order valence-corrected chi connectivity index (χ3v) is 1.84. The summed E-state index contributed by atoms with van der Waals surface area (Å²) in [6.07, 6.45) is -0.439. The maximum atomic E-state index is 11.0. The quantitative estimate of drug-likeness (QED) is 0.602. The van der Waals surface area contributed by atoms with Crippen molar-refractivity contribution >= 4 is 5.91 Å². The minimum atomic E-state index is -0.554. The van der Waals surface area contributed by atoms with Gasteiger partial charge in [-0.15, -0.1) is 0 Å². The highest BCUT2D eigenvalue weighted by Crippen LogP contribution is 1.94. The van der Waals surface area contributed by atoms with Crippen LogP contribution in [0.5, 0.6) is 0 Å². The Kier molecular flexibility index (Phi) is 7.29. The molecule has 0 aromatic heterocycles. The van der Waals surface area contributed by atoms with Gasteiger partial charge in [0.15, 0.2) is 0 Å². The molecule has 15 heavy (non-hydrogen) atoms. The predicted molar refractivity (Wildman–Crippen MR) is 58.7 cm³/mol. The van der Waals surface area contributed by atoms with Crippen LogP contribution in [0.15, 0.2) is 0 Å². The van der Waals surface area contributed by atoms with Gasteiger partial charge in [0, 0.05) is 13.6 Å². The van der Waals surface area contributed by atoms with Crippen molar-refractivity contribution in [2.75, 3.05) is 33.8 Å². The van der Waals surface area contributed by atoms with Crippen LogP contribution in [0.25, 0.3) is 0 Å². The van der Waals surface area contributed by atoms with Crippen molar-refractivity contribution in [2.24, 2.45) is 0 Å².